The number of rotatable bonds is 3. The number of ether oxygens (including phenoxy) is 1. The predicted octanol–water partition coefficient (Wildman–Crippen LogP) is 1.79. The van der Waals surface area contributed by atoms with Gasteiger partial charge in [-0.3, -0.25) is 4.79 Å². The second-order valence-electron chi connectivity index (χ2n) is 3.53. The largest absolute Gasteiger partial charge is 0.465 e. The number of esters is 1. The highest BCUT2D eigenvalue weighted by molar-refractivity contribution is 5.91. The standard InChI is InChI=1S/C12H14N2O2/c1-2-16-11(15)8-14-7-6-9-4-3-5-10(13)12(9)14/h3-7H,2,8,13H2,1H3. The molecule has 0 saturated carbocycles. The van der Waals surface area contributed by atoms with Gasteiger partial charge < -0.3 is 15.0 Å². The van der Waals surface area contributed by atoms with E-state index in [1.165, 1.54) is 0 Å². The molecular weight excluding hydrogens is 204 g/mol. The first-order valence-electron chi connectivity index (χ1n) is 5.21. The maximum absolute atomic E-state index is 11.4. The molecule has 0 aliphatic rings. The molecule has 4 heteroatoms. The third-order valence-corrected chi connectivity index (χ3v) is 2.42. The van der Waals surface area contributed by atoms with Gasteiger partial charge in [0.25, 0.3) is 0 Å². The van der Waals surface area contributed by atoms with Gasteiger partial charge in [0.2, 0.25) is 0 Å². The molecule has 2 aromatic rings. The Morgan fingerprint density at radius 2 is 2.25 bits per heavy atom. The van der Waals surface area contributed by atoms with Gasteiger partial charge in [-0.2, -0.15) is 0 Å². The highest BCUT2D eigenvalue weighted by atomic mass is 16.5. The summed E-state index contributed by atoms with van der Waals surface area (Å²) in [4.78, 5) is 11.4. The van der Waals surface area contributed by atoms with Gasteiger partial charge in [0, 0.05) is 11.6 Å². The molecule has 0 radical (unpaired) electrons. The van der Waals surface area contributed by atoms with Crippen molar-refractivity contribution >= 4 is 22.6 Å². The third-order valence-electron chi connectivity index (χ3n) is 2.42. The van der Waals surface area contributed by atoms with Crippen LogP contribution in [0.2, 0.25) is 0 Å². The zero-order valence-electron chi connectivity index (χ0n) is 9.14. The summed E-state index contributed by atoms with van der Waals surface area (Å²) >= 11 is 0. The first-order chi connectivity index (χ1) is 7.72. The molecule has 0 aliphatic heterocycles. The van der Waals surface area contributed by atoms with Gasteiger partial charge in [0.1, 0.15) is 6.54 Å². The fraction of sp³-hybridized carbons (Fsp3) is 0.250. The summed E-state index contributed by atoms with van der Waals surface area (Å²) in [5, 5.41) is 1.03. The topological polar surface area (TPSA) is 57.2 Å². The molecule has 1 aromatic carbocycles. The number of nitrogen functional groups attached to an aromatic ring is 1. The lowest BCUT2D eigenvalue weighted by atomic mass is 10.2. The van der Waals surface area contributed by atoms with E-state index in [2.05, 4.69) is 0 Å². The van der Waals surface area contributed by atoms with Crippen molar-refractivity contribution in [3.8, 4) is 0 Å². The number of carbonyl (C=O) groups is 1. The molecule has 0 fully saturated rings. The number of para-hydroxylation sites is 1. The maximum atomic E-state index is 11.4. The Bertz CT molecular complexity index is 517. The van der Waals surface area contributed by atoms with Crippen LogP contribution in [0.15, 0.2) is 30.5 Å². The summed E-state index contributed by atoms with van der Waals surface area (Å²) in [6, 6.07) is 7.62. The zero-order chi connectivity index (χ0) is 11.5. The van der Waals surface area contributed by atoms with Crippen molar-refractivity contribution in [3.05, 3.63) is 30.5 Å². The second kappa shape index (κ2) is 4.26. The van der Waals surface area contributed by atoms with Crippen LogP contribution in [0, 0.1) is 0 Å². The lowest BCUT2D eigenvalue weighted by Crippen LogP contribution is -2.12. The van der Waals surface area contributed by atoms with Crippen molar-refractivity contribution in [2.24, 2.45) is 0 Å². The number of anilines is 1. The van der Waals surface area contributed by atoms with Gasteiger partial charge in [-0.05, 0) is 19.1 Å². The predicted molar refractivity (Wildman–Crippen MR) is 63.0 cm³/mol. The molecule has 2 rings (SSSR count). The summed E-state index contributed by atoms with van der Waals surface area (Å²) in [6.45, 7) is 2.39. The Hall–Kier alpha value is -1.97. The Labute approximate surface area is 93.6 Å². The van der Waals surface area contributed by atoms with Crippen molar-refractivity contribution in [3.63, 3.8) is 0 Å². The van der Waals surface area contributed by atoms with Crippen LogP contribution >= 0.6 is 0 Å². The van der Waals surface area contributed by atoms with Crippen molar-refractivity contribution in [2.75, 3.05) is 12.3 Å². The van der Waals surface area contributed by atoms with Crippen LogP contribution in [0.4, 0.5) is 5.69 Å². The molecule has 16 heavy (non-hydrogen) atoms. The molecule has 0 spiro atoms. The molecule has 0 bridgehead atoms. The van der Waals surface area contributed by atoms with E-state index in [0.29, 0.717) is 12.3 Å². The minimum absolute atomic E-state index is 0.200. The van der Waals surface area contributed by atoms with Gasteiger partial charge in [-0.25, -0.2) is 0 Å². The van der Waals surface area contributed by atoms with E-state index in [1.807, 2.05) is 35.0 Å². The summed E-state index contributed by atoms with van der Waals surface area (Å²) in [5.74, 6) is -0.247. The number of nitrogens with zero attached hydrogens (tertiary/aromatic N) is 1. The summed E-state index contributed by atoms with van der Waals surface area (Å²) in [6.07, 6.45) is 1.85. The second-order valence-corrected chi connectivity index (χ2v) is 3.53. The number of benzene rings is 1. The molecule has 0 saturated heterocycles. The molecule has 0 atom stereocenters. The normalized spacial score (nSPS) is 10.6. The smallest absolute Gasteiger partial charge is 0.325 e. The van der Waals surface area contributed by atoms with Crippen LogP contribution < -0.4 is 5.73 Å². The van der Waals surface area contributed by atoms with Crippen LogP contribution in [-0.2, 0) is 16.1 Å². The fourth-order valence-electron chi connectivity index (χ4n) is 1.77. The molecule has 1 aromatic heterocycles. The molecule has 1 heterocycles. The van der Waals surface area contributed by atoms with Gasteiger partial charge in [-0.15, -0.1) is 0 Å². The Balaban J connectivity index is 2.34. The fourth-order valence-corrected chi connectivity index (χ4v) is 1.77. The summed E-state index contributed by atoms with van der Waals surface area (Å²) in [5.41, 5.74) is 7.44. The highest BCUT2D eigenvalue weighted by Gasteiger charge is 2.08. The Morgan fingerprint density at radius 1 is 1.44 bits per heavy atom. The van der Waals surface area contributed by atoms with Crippen LogP contribution in [0.1, 0.15) is 6.92 Å². The van der Waals surface area contributed by atoms with E-state index in [0.717, 1.165) is 10.9 Å². The molecular formula is C12H14N2O2. The summed E-state index contributed by atoms with van der Waals surface area (Å²) < 4.78 is 6.71. The zero-order valence-corrected chi connectivity index (χ0v) is 9.14. The van der Waals surface area contributed by atoms with E-state index in [1.54, 1.807) is 6.92 Å². The Morgan fingerprint density at radius 3 is 3.00 bits per heavy atom. The van der Waals surface area contributed by atoms with Crippen LogP contribution in [0.5, 0.6) is 0 Å². The van der Waals surface area contributed by atoms with Crippen LogP contribution in [-0.4, -0.2) is 17.1 Å². The summed E-state index contributed by atoms with van der Waals surface area (Å²) in [7, 11) is 0. The number of hydrogen-bond donors (Lipinski definition) is 1. The first-order valence-corrected chi connectivity index (χ1v) is 5.21. The average Bonchev–Trinajstić information content (AvgIpc) is 2.63. The number of aromatic nitrogens is 1. The molecule has 0 unspecified atom stereocenters. The van der Waals surface area contributed by atoms with Crippen molar-refractivity contribution in [1.82, 2.24) is 4.57 Å². The Kier molecular flexibility index (Phi) is 2.81. The minimum atomic E-state index is -0.247. The van der Waals surface area contributed by atoms with E-state index in [9.17, 15) is 4.79 Å². The minimum Gasteiger partial charge on any atom is -0.465 e. The van der Waals surface area contributed by atoms with Gasteiger partial charge in [0.05, 0.1) is 17.8 Å². The number of carbonyl (C=O) groups excluding carboxylic acids is 1. The van der Waals surface area contributed by atoms with E-state index in [-0.39, 0.29) is 12.5 Å². The SMILES string of the molecule is CCOC(=O)Cn1ccc2cccc(N)c21. The van der Waals surface area contributed by atoms with Crippen molar-refractivity contribution < 1.29 is 9.53 Å². The lowest BCUT2D eigenvalue weighted by Gasteiger charge is -2.06. The number of nitrogens with two attached hydrogens (primary N) is 1. The number of hydrogen-bond acceptors (Lipinski definition) is 3. The highest BCUT2D eigenvalue weighted by Crippen LogP contribution is 2.21. The van der Waals surface area contributed by atoms with Gasteiger partial charge in [0.15, 0.2) is 0 Å². The first kappa shape index (κ1) is 10.5. The van der Waals surface area contributed by atoms with Crippen molar-refractivity contribution in [1.29, 1.82) is 0 Å². The van der Waals surface area contributed by atoms with Crippen molar-refractivity contribution in [2.45, 2.75) is 13.5 Å². The monoisotopic (exact) mass is 218 g/mol. The maximum Gasteiger partial charge on any atom is 0.325 e. The van der Waals surface area contributed by atoms with Crippen LogP contribution in [0.3, 0.4) is 0 Å². The molecule has 0 aliphatic carbocycles. The third kappa shape index (κ3) is 1.86. The van der Waals surface area contributed by atoms with Crippen LogP contribution in [0.25, 0.3) is 10.9 Å². The molecule has 84 valence electrons. The van der Waals surface area contributed by atoms with E-state index < -0.39 is 0 Å². The average molecular weight is 218 g/mol. The van der Waals surface area contributed by atoms with E-state index in [4.69, 9.17) is 10.5 Å². The molecule has 4 nitrogen and oxygen atoms in total. The quantitative estimate of drug-likeness (QED) is 0.631. The number of fused-ring (bicyclic) bond motifs is 1. The lowest BCUT2D eigenvalue weighted by molar-refractivity contribution is -0.143. The van der Waals surface area contributed by atoms with Gasteiger partial charge in [-0.1, -0.05) is 12.1 Å². The molecule has 0 amide bonds. The molecule has 2 N–H and O–H groups in total. The van der Waals surface area contributed by atoms with E-state index >= 15 is 0 Å². The van der Waals surface area contributed by atoms with Gasteiger partial charge >= 0.3 is 5.97 Å².